The number of para-hydroxylation sites is 1. The highest BCUT2D eigenvalue weighted by atomic mass is 15.2. The lowest BCUT2D eigenvalue weighted by molar-refractivity contribution is 0.353. The van der Waals surface area contributed by atoms with Gasteiger partial charge < -0.3 is 0 Å². The van der Waals surface area contributed by atoms with Crippen LogP contribution in [0.15, 0.2) is 146 Å². The van der Waals surface area contributed by atoms with Crippen LogP contribution in [-0.2, 0) is 5.41 Å². The molecule has 8 aromatic rings. The van der Waals surface area contributed by atoms with Gasteiger partial charge >= 0.3 is 0 Å². The average molecular weight is 631 g/mol. The molecule has 2 aliphatic carbocycles. The fraction of sp³-hybridized carbons (Fsp3) is 0.133. The van der Waals surface area contributed by atoms with E-state index in [1.165, 1.54) is 65.1 Å². The summed E-state index contributed by atoms with van der Waals surface area (Å²) in [4.78, 5) is 15.6. The maximum Gasteiger partial charge on any atom is 0.238 e. The fourth-order valence-corrected chi connectivity index (χ4v) is 8.60. The molecule has 2 aromatic heterocycles. The molecule has 0 atom stereocenters. The lowest BCUT2D eigenvalue weighted by Gasteiger charge is -2.36. The minimum Gasteiger partial charge on any atom is -0.278 e. The van der Waals surface area contributed by atoms with Gasteiger partial charge in [0.25, 0.3) is 0 Å². The monoisotopic (exact) mass is 630 g/mol. The molecule has 0 radical (unpaired) electrons. The van der Waals surface area contributed by atoms with Gasteiger partial charge in [-0.2, -0.15) is 9.97 Å². The van der Waals surface area contributed by atoms with Crippen LogP contribution in [0.25, 0.3) is 72.8 Å². The largest absolute Gasteiger partial charge is 0.278 e. The Balaban J connectivity index is 1.24. The first-order valence-corrected chi connectivity index (χ1v) is 17.4. The molecule has 2 heterocycles. The third-order valence-corrected chi connectivity index (χ3v) is 10.9. The molecular formula is C45H34N4. The molecule has 234 valence electrons. The van der Waals surface area contributed by atoms with E-state index in [0.717, 1.165) is 33.3 Å². The number of hydrogen-bond donors (Lipinski definition) is 0. The molecule has 2 aliphatic rings. The van der Waals surface area contributed by atoms with Crippen LogP contribution in [0.2, 0.25) is 0 Å². The molecule has 10 rings (SSSR count). The van der Waals surface area contributed by atoms with Crippen molar-refractivity contribution >= 4 is 21.8 Å². The second-order valence-corrected chi connectivity index (χ2v) is 13.6. The van der Waals surface area contributed by atoms with Crippen LogP contribution in [-0.4, -0.2) is 19.5 Å². The van der Waals surface area contributed by atoms with E-state index in [0.29, 0.717) is 17.6 Å². The third kappa shape index (κ3) is 4.40. The van der Waals surface area contributed by atoms with Gasteiger partial charge in [-0.25, -0.2) is 4.98 Å². The van der Waals surface area contributed by atoms with Gasteiger partial charge in [-0.3, -0.25) is 4.57 Å². The first-order valence-electron chi connectivity index (χ1n) is 17.4. The van der Waals surface area contributed by atoms with Crippen LogP contribution in [0.1, 0.15) is 43.2 Å². The molecular weight excluding hydrogens is 597 g/mol. The van der Waals surface area contributed by atoms with Crippen molar-refractivity contribution in [1.82, 2.24) is 19.5 Å². The molecule has 4 heteroatoms. The van der Waals surface area contributed by atoms with E-state index in [2.05, 4.69) is 126 Å². The smallest absolute Gasteiger partial charge is 0.238 e. The molecule has 0 unspecified atom stereocenters. The van der Waals surface area contributed by atoms with E-state index < -0.39 is 0 Å². The van der Waals surface area contributed by atoms with Crippen molar-refractivity contribution in [3.63, 3.8) is 0 Å². The SMILES string of the molecule is c1ccc(-c2cccc(-c3nc(-c4ccccc4)nc(-n4c5ccccc5c5cc6c(cc54)C4(CCCCC4)c4ccccc4-6)n3)c2)cc1. The number of hydrogen-bond acceptors (Lipinski definition) is 3. The molecule has 0 aliphatic heterocycles. The van der Waals surface area contributed by atoms with Gasteiger partial charge in [-0.15, -0.1) is 0 Å². The molecule has 0 bridgehead atoms. The molecule has 6 aromatic carbocycles. The van der Waals surface area contributed by atoms with Crippen molar-refractivity contribution < 1.29 is 0 Å². The summed E-state index contributed by atoms with van der Waals surface area (Å²) in [5.41, 5.74) is 12.2. The highest BCUT2D eigenvalue weighted by Gasteiger charge is 2.44. The maximum absolute atomic E-state index is 5.28. The summed E-state index contributed by atoms with van der Waals surface area (Å²) in [6.45, 7) is 0. The highest BCUT2D eigenvalue weighted by molar-refractivity contribution is 6.11. The van der Waals surface area contributed by atoms with Crippen molar-refractivity contribution in [3.8, 4) is 51.0 Å². The van der Waals surface area contributed by atoms with Crippen LogP contribution in [0.3, 0.4) is 0 Å². The van der Waals surface area contributed by atoms with Crippen molar-refractivity contribution in [2.45, 2.75) is 37.5 Å². The van der Waals surface area contributed by atoms with E-state index in [1.54, 1.807) is 0 Å². The van der Waals surface area contributed by atoms with Crippen LogP contribution < -0.4 is 0 Å². The second kappa shape index (κ2) is 11.1. The quantitative estimate of drug-likeness (QED) is 0.194. The van der Waals surface area contributed by atoms with Crippen LogP contribution in [0.4, 0.5) is 0 Å². The number of rotatable bonds is 4. The Labute approximate surface area is 285 Å². The Morgan fingerprint density at radius 1 is 0.429 bits per heavy atom. The summed E-state index contributed by atoms with van der Waals surface area (Å²) in [7, 11) is 0. The lowest BCUT2D eigenvalue weighted by atomic mass is 9.68. The number of benzene rings is 6. The predicted octanol–water partition coefficient (Wildman–Crippen LogP) is 11.2. The first-order chi connectivity index (χ1) is 24.3. The minimum absolute atomic E-state index is 0.0526. The van der Waals surface area contributed by atoms with E-state index in [9.17, 15) is 0 Å². The average Bonchev–Trinajstić information content (AvgIpc) is 3.64. The molecule has 0 amide bonds. The second-order valence-electron chi connectivity index (χ2n) is 13.6. The topological polar surface area (TPSA) is 43.6 Å². The van der Waals surface area contributed by atoms with Gasteiger partial charge in [0.05, 0.1) is 11.0 Å². The zero-order chi connectivity index (χ0) is 32.4. The van der Waals surface area contributed by atoms with E-state index >= 15 is 0 Å². The van der Waals surface area contributed by atoms with Crippen LogP contribution in [0, 0.1) is 0 Å². The minimum atomic E-state index is 0.0526. The van der Waals surface area contributed by atoms with Crippen LogP contribution >= 0.6 is 0 Å². The number of nitrogens with zero attached hydrogens (tertiary/aromatic N) is 4. The summed E-state index contributed by atoms with van der Waals surface area (Å²) in [5, 5.41) is 2.43. The Hall–Kier alpha value is -5.87. The summed E-state index contributed by atoms with van der Waals surface area (Å²) in [6.07, 6.45) is 6.20. The predicted molar refractivity (Wildman–Crippen MR) is 200 cm³/mol. The zero-order valence-corrected chi connectivity index (χ0v) is 27.2. The normalized spacial score (nSPS) is 14.7. The summed E-state index contributed by atoms with van der Waals surface area (Å²) in [6, 6.07) is 52.0. The lowest BCUT2D eigenvalue weighted by Crippen LogP contribution is -2.28. The van der Waals surface area contributed by atoms with Crippen molar-refractivity contribution in [2.24, 2.45) is 0 Å². The Morgan fingerprint density at radius 2 is 1.08 bits per heavy atom. The molecule has 1 fully saturated rings. The number of aromatic nitrogens is 4. The Kier molecular flexibility index (Phi) is 6.38. The van der Waals surface area contributed by atoms with Gasteiger partial charge in [0.2, 0.25) is 5.95 Å². The van der Waals surface area contributed by atoms with Gasteiger partial charge in [0.15, 0.2) is 11.6 Å². The molecule has 1 saturated carbocycles. The fourth-order valence-electron chi connectivity index (χ4n) is 8.60. The van der Waals surface area contributed by atoms with Crippen molar-refractivity contribution in [1.29, 1.82) is 0 Å². The molecule has 49 heavy (non-hydrogen) atoms. The summed E-state index contributed by atoms with van der Waals surface area (Å²) < 4.78 is 2.28. The molecule has 4 nitrogen and oxygen atoms in total. The third-order valence-electron chi connectivity index (χ3n) is 10.9. The Morgan fingerprint density at radius 3 is 1.90 bits per heavy atom. The molecule has 0 N–H and O–H groups in total. The summed E-state index contributed by atoms with van der Waals surface area (Å²) in [5.74, 6) is 1.95. The van der Waals surface area contributed by atoms with Crippen molar-refractivity contribution in [3.05, 3.63) is 157 Å². The summed E-state index contributed by atoms with van der Waals surface area (Å²) >= 11 is 0. The molecule has 0 saturated heterocycles. The van der Waals surface area contributed by atoms with Gasteiger partial charge in [-0.05, 0) is 70.5 Å². The van der Waals surface area contributed by atoms with E-state index in [1.807, 2.05) is 24.3 Å². The standard InChI is InChI=1S/C45H34N4/c1-4-15-30(16-5-1)32-19-14-20-33(27-32)43-46-42(31-17-6-2-7-18-31)47-44(48-43)49-40-24-11-9-22-35(40)37-28-36-34-21-8-10-23-38(34)45(25-12-3-13-26-45)39(36)29-41(37)49/h1-2,4-11,14-24,27-29H,3,12-13,25-26H2. The van der Waals surface area contributed by atoms with Gasteiger partial charge in [0, 0.05) is 27.3 Å². The van der Waals surface area contributed by atoms with Gasteiger partial charge in [0.1, 0.15) is 0 Å². The molecule has 1 spiro atoms. The zero-order valence-electron chi connectivity index (χ0n) is 27.2. The Bertz CT molecular complexity index is 2520. The van der Waals surface area contributed by atoms with E-state index in [-0.39, 0.29) is 5.41 Å². The van der Waals surface area contributed by atoms with E-state index in [4.69, 9.17) is 15.0 Å². The van der Waals surface area contributed by atoms with Gasteiger partial charge in [-0.1, -0.05) is 141 Å². The highest BCUT2D eigenvalue weighted by Crippen LogP contribution is 2.57. The van der Waals surface area contributed by atoms with Crippen LogP contribution in [0.5, 0.6) is 0 Å². The van der Waals surface area contributed by atoms with Crippen molar-refractivity contribution in [2.75, 3.05) is 0 Å². The number of fused-ring (bicyclic) bond motifs is 8. The maximum atomic E-state index is 5.28. The first kappa shape index (κ1) is 28.2.